The van der Waals surface area contributed by atoms with Gasteiger partial charge in [0.25, 0.3) is 11.8 Å². The lowest BCUT2D eigenvalue weighted by Crippen LogP contribution is -2.50. The summed E-state index contributed by atoms with van der Waals surface area (Å²) in [4.78, 5) is 56.8. The Hall–Kier alpha value is -4.78. The average Bonchev–Trinajstić information content (AvgIpc) is 3.94. The quantitative estimate of drug-likeness (QED) is 0.0882. The predicted molar refractivity (Wildman–Crippen MR) is 202 cm³/mol. The maximum atomic E-state index is 13.7. The highest BCUT2D eigenvalue weighted by Crippen LogP contribution is 2.38. The first-order chi connectivity index (χ1) is 27.0. The van der Waals surface area contributed by atoms with E-state index in [4.69, 9.17) is 32.7 Å². The number of rotatable bonds is 16. The molecule has 1 aromatic heterocycles. The summed E-state index contributed by atoms with van der Waals surface area (Å²) < 4.78 is 70.1. The van der Waals surface area contributed by atoms with Crippen LogP contribution in [0.2, 0.25) is 10.0 Å². The van der Waals surface area contributed by atoms with E-state index in [1.807, 2.05) is 4.90 Å². The van der Waals surface area contributed by atoms with Crippen LogP contribution in [0.1, 0.15) is 57.7 Å². The molecule has 15 nitrogen and oxygen atoms in total. The lowest BCUT2D eigenvalue weighted by atomic mass is 10.0. The van der Waals surface area contributed by atoms with Gasteiger partial charge in [-0.25, -0.2) is 8.42 Å². The second-order valence-corrected chi connectivity index (χ2v) is 16.6. The van der Waals surface area contributed by atoms with Gasteiger partial charge >= 0.3 is 12.6 Å². The van der Waals surface area contributed by atoms with Crippen LogP contribution in [0.5, 0.6) is 11.5 Å². The number of ether oxygens (including phenoxy) is 3. The van der Waals surface area contributed by atoms with Crippen LogP contribution in [0.25, 0.3) is 0 Å². The minimum atomic E-state index is -3.85. The van der Waals surface area contributed by atoms with E-state index < -0.39 is 47.1 Å². The van der Waals surface area contributed by atoms with Gasteiger partial charge in [-0.3, -0.25) is 33.3 Å². The summed E-state index contributed by atoms with van der Waals surface area (Å²) in [6.07, 6.45) is 3.45. The molecule has 306 valence electrons. The molecule has 1 saturated heterocycles. The summed E-state index contributed by atoms with van der Waals surface area (Å²) in [7, 11) is -3.85. The van der Waals surface area contributed by atoms with Crippen LogP contribution < -0.4 is 18.5 Å². The van der Waals surface area contributed by atoms with Gasteiger partial charge in [-0.05, 0) is 54.7 Å². The third-order valence-corrected chi connectivity index (χ3v) is 11.7. The molecule has 3 aromatic rings. The lowest BCUT2D eigenvalue weighted by Gasteiger charge is -2.35. The molecular formula is C37H39Cl2F2N5O10S. The molecule has 0 N–H and O–H groups in total. The standard InChI is InChI=1S/C37H39Cl2F2N5O10S/c1-22(47)43-12-9-42(10-13-43)11-14-46(57(2,52)53)25-6-7-26-27(16-25)36(50)45(35(26)49)20-34(48)55-32(17-28-29(38)18-44(51)19-30(28)39)24-5-8-31(56-37(40)41)33(15-24)54-21-23-3-4-23/h5-8,15-16,18-19,23,32,37H,3-4,9-14,17,20-21H2,1-2H3/t32-/m0/s1. The van der Waals surface area contributed by atoms with Crippen LogP contribution in [-0.4, -0.2) is 112 Å². The Balaban J connectivity index is 1.21. The fourth-order valence-electron chi connectivity index (χ4n) is 6.57. The van der Waals surface area contributed by atoms with E-state index in [1.54, 1.807) is 4.90 Å². The van der Waals surface area contributed by atoms with Crippen molar-refractivity contribution in [2.45, 2.75) is 38.9 Å². The zero-order valence-corrected chi connectivity index (χ0v) is 33.2. The maximum Gasteiger partial charge on any atom is 0.387 e. The van der Waals surface area contributed by atoms with Crippen molar-refractivity contribution in [2.75, 3.05) is 63.0 Å². The number of amides is 3. The molecule has 3 aliphatic rings. The number of benzene rings is 2. The normalized spacial score (nSPS) is 16.5. The van der Waals surface area contributed by atoms with Gasteiger partial charge in [0.2, 0.25) is 15.9 Å². The van der Waals surface area contributed by atoms with E-state index in [-0.39, 0.29) is 80.9 Å². The van der Waals surface area contributed by atoms with Crippen molar-refractivity contribution in [1.29, 1.82) is 0 Å². The molecule has 2 aliphatic heterocycles. The number of anilines is 1. The van der Waals surface area contributed by atoms with E-state index in [9.17, 15) is 41.6 Å². The van der Waals surface area contributed by atoms with Gasteiger partial charge in [0.1, 0.15) is 22.7 Å². The first-order valence-corrected chi connectivity index (χ1v) is 20.5. The van der Waals surface area contributed by atoms with Gasteiger partial charge in [0.05, 0.1) is 29.7 Å². The minimum Gasteiger partial charge on any atom is -0.619 e. The fraction of sp³-hybridized carbons (Fsp3) is 0.432. The van der Waals surface area contributed by atoms with E-state index in [1.165, 1.54) is 43.3 Å². The maximum absolute atomic E-state index is 13.7. The highest BCUT2D eigenvalue weighted by atomic mass is 35.5. The molecule has 1 aliphatic carbocycles. The van der Waals surface area contributed by atoms with E-state index in [0.717, 1.165) is 35.8 Å². The van der Waals surface area contributed by atoms with Crippen LogP contribution in [0.15, 0.2) is 48.8 Å². The fourth-order valence-corrected chi connectivity index (χ4v) is 8.08. The molecule has 3 amide bonds. The smallest absolute Gasteiger partial charge is 0.387 e. The molecule has 2 fully saturated rings. The number of aromatic nitrogens is 1. The van der Waals surface area contributed by atoms with Crippen LogP contribution in [0, 0.1) is 11.1 Å². The summed E-state index contributed by atoms with van der Waals surface area (Å²) in [5.74, 6) is -2.82. The summed E-state index contributed by atoms with van der Waals surface area (Å²) in [6, 6.07) is 7.95. The lowest BCUT2D eigenvalue weighted by molar-refractivity contribution is -0.605. The molecule has 1 atom stereocenters. The van der Waals surface area contributed by atoms with Crippen molar-refractivity contribution in [3.8, 4) is 11.5 Å². The van der Waals surface area contributed by atoms with Crippen molar-refractivity contribution in [2.24, 2.45) is 5.92 Å². The number of halogens is 4. The third kappa shape index (κ3) is 10.2. The molecular weight excluding hydrogens is 815 g/mol. The van der Waals surface area contributed by atoms with Crippen LogP contribution in [0.4, 0.5) is 14.5 Å². The molecule has 2 aromatic carbocycles. The SMILES string of the molecule is CC(=O)N1CCN(CCN(c2ccc3c(c2)C(=O)N(CC(=O)O[C@@H](Cc2c(Cl)c[n+]([O-])cc2Cl)c2ccc(OC(F)F)c(OCC4CC4)c2)C3=O)S(C)(=O)=O)CC1. The molecule has 0 bridgehead atoms. The van der Waals surface area contributed by atoms with Crippen molar-refractivity contribution < 1.29 is 55.3 Å². The Labute approximate surface area is 337 Å². The van der Waals surface area contributed by atoms with E-state index >= 15 is 0 Å². The first-order valence-electron chi connectivity index (χ1n) is 17.9. The summed E-state index contributed by atoms with van der Waals surface area (Å²) >= 11 is 12.7. The number of fused-ring (bicyclic) bond motifs is 1. The zero-order chi connectivity index (χ0) is 41.2. The number of alkyl halides is 2. The number of esters is 1. The number of carbonyl (C=O) groups excluding carboxylic acids is 4. The number of imide groups is 1. The molecule has 0 spiro atoms. The Kier molecular flexibility index (Phi) is 12.8. The molecule has 6 rings (SSSR count). The van der Waals surface area contributed by atoms with Crippen molar-refractivity contribution in [3.05, 3.63) is 86.3 Å². The number of nitrogens with zero attached hydrogens (tertiary/aromatic N) is 5. The van der Waals surface area contributed by atoms with E-state index in [2.05, 4.69) is 4.74 Å². The van der Waals surface area contributed by atoms with Gasteiger partial charge in [-0.2, -0.15) is 13.5 Å². The van der Waals surface area contributed by atoms with Gasteiger partial charge in [0, 0.05) is 58.2 Å². The van der Waals surface area contributed by atoms with E-state index in [0.29, 0.717) is 42.4 Å². The molecule has 1 saturated carbocycles. The molecule has 3 heterocycles. The zero-order valence-electron chi connectivity index (χ0n) is 30.9. The van der Waals surface area contributed by atoms with Crippen LogP contribution in [0.3, 0.4) is 0 Å². The van der Waals surface area contributed by atoms with Gasteiger partial charge < -0.3 is 24.3 Å². The van der Waals surface area contributed by atoms with Crippen molar-refractivity contribution in [1.82, 2.24) is 14.7 Å². The highest BCUT2D eigenvalue weighted by Gasteiger charge is 2.39. The number of pyridine rings is 1. The number of hydrogen-bond donors (Lipinski definition) is 0. The van der Waals surface area contributed by atoms with Crippen molar-refractivity contribution >= 4 is 62.6 Å². The Bertz CT molecular complexity index is 2150. The average molecular weight is 855 g/mol. The van der Waals surface area contributed by atoms with Gasteiger partial charge in [-0.15, -0.1) is 0 Å². The second kappa shape index (κ2) is 17.4. The number of sulfonamides is 1. The minimum absolute atomic E-state index is 0.0318. The number of hydrogen-bond acceptors (Lipinski definition) is 11. The van der Waals surface area contributed by atoms with Gasteiger partial charge in [0.15, 0.2) is 23.9 Å². The molecule has 20 heteroatoms. The third-order valence-electron chi connectivity index (χ3n) is 9.81. The Morgan fingerprint density at radius 1 is 0.982 bits per heavy atom. The summed E-state index contributed by atoms with van der Waals surface area (Å²) in [5, 5.41) is 11.8. The molecule has 57 heavy (non-hydrogen) atoms. The van der Waals surface area contributed by atoms with Gasteiger partial charge in [-0.1, -0.05) is 29.3 Å². The Morgan fingerprint density at radius 2 is 1.65 bits per heavy atom. The first kappa shape index (κ1) is 41.8. The summed E-state index contributed by atoms with van der Waals surface area (Å²) in [5.41, 5.74) is 0.405. The molecule has 0 radical (unpaired) electrons. The topological polar surface area (TPSA) is 170 Å². The largest absolute Gasteiger partial charge is 0.619 e. The second-order valence-electron chi connectivity index (χ2n) is 13.9. The predicted octanol–water partition coefficient (Wildman–Crippen LogP) is 4.07. The highest BCUT2D eigenvalue weighted by molar-refractivity contribution is 7.92. The Morgan fingerprint density at radius 3 is 2.26 bits per heavy atom. The monoisotopic (exact) mass is 853 g/mol. The van der Waals surface area contributed by atoms with Crippen LogP contribution in [-0.2, 0) is 30.8 Å². The van der Waals surface area contributed by atoms with Crippen LogP contribution >= 0.6 is 23.2 Å². The molecule has 0 unspecified atom stereocenters. The number of carbonyl (C=O) groups is 4. The number of piperazine rings is 1. The van der Waals surface area contributed by atoms with Crippen molar-refractivity contribution in [3.63, 3.8) is 0 Å². The summed E-state index contributed by atoms with van der Waals surface area (Å²) in [6.45, 7) is 0.222.